The Hall–Kier alpha value is -3.09. The van der Waals surface area contributed by atoms with E-state index < -0.39 is 5.91 Å². The van der Waals surface area contributed by atoms with Gasteiger partial charge in [0, 0.05) is 43.6 Å². The van der Waals surface area contributed by atoms with Crippen LogP contribution in [0.1, 0.15) is 16.1 Å². The van der Waals surface area contributed by atoms with Gasteiger partial charge in [-0.3, -0.25) is 9.59 Å². The molecule has 0 aliphatic carbocycles. The topological polar surface area (TPSA) is 102 Å². The summed E-state index contributed by atoms with van der Waals surface area (Å²) in [5, 5.41) is 3.03. The van der Waals surface area contributed by atoms with Crippen LogP contribution in [-0.2, 0) is 9.53 Å². The normalized spacial score (nSPS) is 13.3. The van der Waals surface area contributed by atoms with Crippen molar-refractivity contribution < 1.29 is 14.3 Å². The minimum Gasteiger partial charge on any atom is -0.378 e. The van der Waals surface area contributed by atoms with Gasteiger partial charge >= 0.3 is 0 Å². The highest BCUT2D eigenvalue weighted by Gasteiger charge is 2.20. The number of benzene rings is 1. The molecule has 2 N–H and O–H groups in total. The summed E-state index contributed by atoms with van der Waals surface area (Å²) in [4.78, 5) is 35.1. The Kier molecular flexibility index (Phi) is 7.65. The van der Waals surface area contributed by atoms with E-state index in [1.54, 1.807) is 18.1 Å². The molecule has 1 aliphatic heterocycles. The van der Waals surface area contributed by atoms with Gasteiger partial charge in [0.15, 0.2) is 11.5 Å². The van der Waals surface area contributed by atoms with Crippen LogP contribution in [0, 0.1) is 11.2 Å². The molecule has 1 aliphatic rings. The summed E-state index contributed by atoms with van der Waals surface area (Å²) in [5.74, 6) is 3.65. The van der Waals surface area contributed by atoms with Crippen molar-refractivity contribution in [3.63, 3.8) is 0 Å². The van der Waals surface area contributed by atoms with Crippen LogP contribution in [0.3, 0.4) is 0 Å². The lowest BCUT2D eigenvalue weighted by Crippen LogP contribution is -2.38. The van der Waals surface area contributed by atoms with E-state index in [2.05, 4.69) is 21.1 Å². The van der Waals surface area contributed by atoms with Gasteiger partial charge in [-0.1, -0.05) is 29.8 Å². The largest absolute Gasteiger partial charge is 0.378 e. The first-order valence-electron chi connectivity index (χ1n) is 9.47. The number of nitrogens with zero attached hydrogens (tertiary/aromatic N) is 4. The fourth-order valence-electron chi connectivity index (χ4n) is 2.86. The maximum Gasteiger partial charge on any atom is 0.269 e. The summed E-state index contributed by atoms with van der Waals surface area (Å²) in [6, 6.07) is 7.50. The molecule has 0 saturated carbocycles. The molecule has 0 radical (unpaired) electrons. The van der Waals surface area contributed by atoms with Gasteiger partial charge in [0.1, 0.15) is 0 Å². The summed E-state index contributed by atoms with van der Waals surface area (Å²) >= 11 is 1.45. The summed E-state index contributed by atoms with van der Waals surface area (Å²) in [6.07, 6.45) is 2.44. The minimum atomic E-state index is -0.590. The van der Waals surface area contributed by atoms with Gasteiger partial charge < -0.3 is 20.3 Å². The molecule has 156 valence electrons. The first kappa shape index (κ1) is 21.6. The van der Waals surface area contributed by atoms with Crippen LogP contribution in [-0.4, -0.2) is 72.8 Å². The SMILES string of the molecule is CN(C=O)CCSC#Cc1cccc(-c2ncc(N3CCOCC3)c(C(N)=O)n2)c1. The Bertz CT molecular complexity index is 967. The predicted octanol–water partition coefficient (Wildman–Crippen LogP) is 1.21. The maximum absolute atomic E-state index is 12.0. The van der Waals surface area contributed by atoms with Crippen molar-refractivity contribution in [2.75, 3.05) is 50.5 Å². The molecule has 0 unspecified atom stereocenters. The van der Waals surface area contributed by atoms with Crippen molar-refractivity contribution in [2.24, 2.45) is 5.73 Å². The number of carbonyl (C=O) groups is 2. The molecular formula is C21H23N5O3S. The first-order chi connectivity index (χ1) is 14.6. The van der Waals surface area contributed by atoms with E-state index in [1.165, 1.54) is 11.8 Å². The quantitative estimate of drug-likeness (QED) is 0.404. The highest BCUT2D eigenvalue weighted by Crippen LogP contribution is 2.23. The van der Waals surface area contributed by atoms with Crippen molar-refractivity contribution in [2.45, 2.75) is 0 Å². The minimum absolute atomic E-state index is 0.202. The van der Waals surface area contributed by atoms with Crippen LogP contribution in [0.25, 0.3) is 11.4 Å². The number of morpholine rings is 1. The van der Waals surface area contributed by atoms with Gasteiger partial charge in [0.05, 0.1) is 25.1 Å². The Morgan fingerprint density at radius 2 is 2.20 bits per heavy atom. The Morgan fingerprint density at radius 1 is 1.40 bits per heavy atom. The third-order valence-electron chi connectivity index (χ3n) is 4.47. The fraction of sp³-hybridized carbons (Fsp3) is 0.333. The van der Waals surface area contributed by atoms with E-state index in [-0.39, 0.29) is 5.69 Å². The van der Waals surface area contributed by atoms with Crippen LogP contribution in [0.15, 0.2) is 30.5 Å². The van der Waals surface area contributed by atoms with E-state index >= 15 is 0 Å². The molecule has 2 heterocycles. The van der Waals surface area contributed by atoms with Crippen LogP contribution >= 0.6 is 11.8 Å². The molecule has 8 nitrogen and oxygen atoms in total. The second kappa shape index (κ2) is 10.6. The van der Waals surface area contributed by atoms with E-state index in [0.29, 0.717) is 44.4 Å². The number of aromatic nitrogens is 2. The molecule has 0 atom stereocenters. The van der Waals surface area contributed by atoms with E-state index in [9.17, 15) is 9.59 Å². The number of rotatable bonds is 7. The zero-order chi connectivity index (χ0) is 21.3. The molecule has 3 rings (SSSR count). The number of nitrogens with two attached hydrogens (primary N) is 1. The number of anilines is 1. The van der Waals surface area contributed by atoms with Gasteiger partial charge in [0.2, 0.25) is 6.41 Å². The molecule has 2 amide bonds. The lowest BCUT2D eigenvalue weighted by Gasteiger charge is -2.29. The second-order valence-electron chi connectivity index (χ2n) is 6.63. The highest BCUT2D eigenvalue weighted by atomic mass is 32.2. The fourth-order valence-corrected chi connectivity index (χ4v) is 3.53. The average molecular weight is 426 g/mol. The maximum atomic E-state index is 12.0. The third kappa shape index (κ3) is 5.72. The van der Waals surface area contributed by atoms with Gasteiger partial charge in [-0.2, -0.15) is 0 Å². The van der Waals surface area contributed by atoms with Crippen molar-refractivity contribution in [1.29, 1.82) is 0 Å². The van der Waals surface area contributed by atoms with Crippen LogP contribution in [0.2, 0.25) is 0 Å². The smallest absolute Gasteiger partial charge is 0.269 e. The van der Waals surface area contributed by atoms with E-state index in [4.69, 9.17) is 10.5 Å². The predicted molar refractivity (Wildman–Crippen MR) is 117 cm³/mol. The lowest BCUT2D eigenvalue weighted by atomic mass is 10.1. The molecule has 2 aromatic rings. The van der Waals surface area contributed by atoms with Crippen molar-refractivity contribution in [1.82, 2.24) is 14.9 Å². The molecule has 1 fully saturated rings. The number of hydrogen-bond donors (Lipinski definition) is 1. The van der Waals surface area contributed by atoms with E-state index in [0.717, 1.165) is 23.3 Å². The van der Waals surface area contributed by atoms with Crippen LogP contribution in [0.5, 0.6) is 0 Å². The first-order valence-corrected chi connectivity index (χ1v) is 10.5. The monoisotopic (exact) mass is 425 g/mol. The zero-order valence-electron chi connectivity index (χ0n) is 16.7. The molecule has 0 bridgehead atoms. The molecule has 1 aromatic heterocycles. The zero-order valence-corrected chi connectivity index (χ0v) is 17.5. The number of amides is 2. The molecule has 0 spiro atoms. The highest BCUT2D eigenvalue weighted by molar-refractivity contribution is 8.03. The number of thioether (sulfide) groups is 1. The Balaban J connectivity index is 1.77. The van der Waals surface area contributed by atoms with Gasteiger partial charge in [0.25, 0.3) is 5.91 Å². The summed E-state index contributed by atoms with van der Waals surface area (Å²) in [5.41, 5.74) is 7.98. The van der Waals surface area contributed by atoms with Gasteiger partial charge in [-0.25, -0.2) is 9.97 Å². The molecular weight excluding hydrogens is 402 g/mol. The van der Waals surface area contributed by atoms with E-state index in [1.807, 2.05) is 29.2 Å². The number of ether oxygens (including phenoxy) is 1. The standard InChI is InChI=1S/C21H23N5O3S/c1-25(15-27)8-12-30-11-5-16-3-2-4-17(13-16)21-23-14-18(19(24-21)20(22)28)26-6-9-29-10-7-26/h2-4,13-15H,6-10,12H2,1H3,(H2,22,28). The molecule has 1 saturated heterocycles. The summed E-state index contributed by atoms with van der Waals surface area (Å²) < 4.78 is 5.36. The Labute approximate surface area is 179 Å². The summed E-state index contributed by atoms with van der Waals surface area (Å²) in [6.45, 7) is 3.14. The van der Waals surface area contributed by atoms with Crippen molar-refractivity contribution >= 4 is 29.8 Å². The number of carbonyl (C=O) groups excluding carboxylic acids is 2. The van der Waals surface area contributed by atoms with Crippen molar-refractivity contribution in [3.8, 4) is 22.6 Å². The molecule has 9 heteroatoms. The van der Waals surface area contributed by atoms with Crippen molar-refractivity contribution in [3.05, 3.63) is 41.7 Å². The average Bonchev–Trinajstić information content (AvgIpc) is 2.79. The third-order valence-corrected chi connectivity index (χ3v) is 5.10. The van der Waals surface area contributed by atoms with Crippen LogP contribution in [0.4, 0.5) is 5.69 Å². The number of hydrogen-bond acceptors (Lipinski definition) is 7. The lowest BCUT2D eigenvalue weighted by molar-refractivity contribution is -0.116. The number of primary amides is 1. The second-order valence-corrected chi connectivity index (χ2v) is 7.53. The summed E-state index contributed by atoms with van der Waals surface area (Å²) in [7, 11) is 1.73. The van der Waals surface area contributed by atoms with Crippen LogP contribution < -0.4 is 10.6 Å². The molecule has 30 heavy (non-hydrogen) atoms. The van der Waals surface area contributed by atoms with Gasteiger partial charge in [-0.05, 0) is 17.4 Å². The van der Waals surface area contributed by atoms with Gasteiger partial charge in [-0.15, -0.1) is 0 Å². The molecule has 1 aromatic carbocycles. The Morgan fingerprint density at radius 3 is 2.93 bits per heavy atom.